The molecule has 0 bridgehead atoms. The number of hydrogen-bond donors (Lipinski definition) is 0. The summed E-state index contributed by atoms with van der Waals surface area (Å²) in [5.74, 6) is 0.0400. The molecule has 0 atom stereocenters. The molecule has 1 saturated heterocycles. The molecule has 0 aliphatic carbocycles. The van der Waals surface area contributed by atoms with E-state index in [1.54, 1.807) is 28.4 Å². The van der Waals surface area contributed by atoms with Crippen LogP contribution in [0.15, 0.2) is 40.6 Å². The minimum absolute atomic E-state index is 0.0298. The SMILES string of the molecule is N#Cc1ccccc1S(=O)(=O)N1CCN(C(=O)CN2CCc3sccc3C2)CC1. The van der Waals surface area contributed by atoms with Crippen LogP contribution in [0.25, 0.3) is 0 Å². The first kappa shape index (κ1) is 20.0. The van der Waals surface area contributed by atoms with E-state index in [0.717, 1.165) is 19.5 Å². The van der Waals surface area contributed by atoms with Crippen molar-refractivity contribution in [2.24, 2.45) is 0 Å². The van der Waals surface area contributed by atoms with E-state index in [1.165, 1.54) is 26.9 Å². The summed E-state index contributed by atoms with van der Waals surface area (Å²) in [4.78, 5) is 18.1. The lowest BCUT2D eigenvalue weighted by atomic mass is 10.1. The second kappa shape index (κ2) is 8.24. The molecule has 1 aromatic carbocycles. The van der Waals surface area contributed by atoms with Crippen molar-refractivity contribution in [1.82, 2.24) is 14.1 Å². The summed E-state index contributed by atoms with van der Waals surface area (Å²) in [6.45, 7) is 3.24. The molecule has 4 rings (SSSR count). The summed E-state index contributed by atoms with van der Waals surface area (Å²) in [5, 5.41) is 11.3. The van der Waals surface area contributed by atoms with Gasteiger partial charge in [-0.15, -0.1) is 11.3 Å². The number of amides is 1. The Hall–Kier alpha value is -2.25. The lowest BCUT2D eigenvalue weighted by Crippen LogP contribution is -2.52. The van der Waals surface area contributed by atoms with E-state index in [-0.39, 0.29) is 29.5 Å². The molecule has 1 fully saturated rings. The number of hydrogen-bond acceptors (Lipinski definition) is 6. The van der Waals surface area contributed by atoms with Gasteiger partial charge in [-0.25, -0.2) is 8.42 Å². The van der Waals surface area contributed by atoms with Crippen LogP contribution in [0, 0.1) is 11.3 Å². The van der Waals surface area contributed by atoms with E-state index in [9.17, 15) is 18.5 Å². The van der Waals surface area contributed by atoms with Crippen LogP contribution < -0.4 is 0 Å². The number of nitrogens with zero attached hydrogens (tertiary/aromatic N) is 4. The minimum Gasteiger partial charge on any atom is -0.339 e. The van der Waals surface area contributed by atoms with Crippen molar-refractivity contribution in [3.05, 3.63) is 51.7 Å². The molecule has 0 radical (unpaired) electrons. The molecule has 1 aromatic heterocycles. The third-order valence-electron chi connectivity index (χ3n) is 5.46. The maximum Gasteiger partial charge on any atom is 0.244 e. The van der Waals surface area contributed by atoms with Gasteiger partial charge in [0.15, 0.2) is 0 Å². The summed E-state index contributed by atoms with van der Waals surface area (Å²) in [5.41, 5.74) is 1.45. The number of rotatable bonds is 4. The van der Waals surface area contributed by atoms with Gasteiger partial charge in [0.1, 0.15) is 6.07 Å². The van der Waals surface area contributed by atoms with Crippen molar-refractivity contribution in [2.45, 2.75) is 17.9 Å². The zero-order valence-electron chi connectivity index (χ0n) is 16.0. The molecule has 3 heterocycles. The topological polar surface area (TPSA) is 84.7 Å². The monoisotopic (exact) mass is 430 g/mol. The van der Waals surface area contributed by atoms with Crippen LogP contribution >= 0.6 is 11.3 Å². The van der Waals surface area contributed by atoms with Gasteiger partial charge in [-0.05, 0) is 35.6 Å². The lowest BCUT2D eigenvalue weighted by Gasteiger charge is -2.35. The maximum atomic E-state index is 12.9. The Bertz CT molecular complexity index is 1050. The molecule has 2 aliphatic heterocycles. The molecule has 152 valence electrons. The molecular weight excluding hydrogens is 408 g/mol. The van der Waals surface area contributed by atoms with E-state index in [0.29, 0.717) is 19.6 Å². The van der Waals surface area contributed by atoms with Gasteiger partial charge in [0.25, 0.3) is 0 Å². The minimum atomic E-state index is -3.74. The third kappa shape index (κ3) is 4.07. The molecule has 0 saturated carbocycles. The molecule has 0 N–H and O–H groups in total. The molecule has 0 unspecified atom stereocenters. The first-order valence-electron chi connectivity index (χ1n) is 9.53. The summed E-state index contributed by atoms with van der Waals surface area (Å²) >= 11 is 1.77. The van der Waals surface area contributed by atoms with E-state index < -0.39 is 10.0 Å². The molecule has 29 heavy (non-hydrogen) atoms. The first-order chi connectivity index (χ1) is 14.0. The quantitative estimate of drug-likeness (QED) is 0.734. The largest absolute Gasteiger partial charge is 0.339 e. The van der Waals surface area contributed by atoms with Crippen molar-refractivity contribution in [3.63, 3.8) is 0 Å². The Kier molecular flexibility index (Phi) is 5.69. The van der Waals surface area contributed by atoms with Crippen molar-refractivity contribution in [2.75, 3.05) is 39.3 Å². The predicted octanol–water partition coefficient (Wildman–Crippen LogP) is 1.51. The van der Waals surface area contributed by atoms with Crippen LogP contribution in [0.4, 0.5) is 0 Å². The molecular formula is C20H22N4O3S2. The normalized spacial score (nSPS) is 18.2. The van der Waals surface area contributed by atoms with E-state index in [1.807, 2.05) is 6.07 Å². The highest BCUT2D eigenvalue weighted by Crippen LogP contribution is 2.24. The zero-order valence-corrected chi connectivity index (χ0v) is 17.6. The average Bonchev–Trinajstić information content (AvgIpc) is 3.21. The van der Waals surface area contributed by atoms with Crippen LogP contribution in [0.1, 0.15) is 16.0 Å². The summed E-state index contributed by atoms with van der Waals surface area (Å²) in [7, 11) is -3.74. The Labute approximate surface area is 174 Å². The number of benzene rings is 1. The molecule has 9 heteroatoms. The van der Waals surface area contributed by atoms with Crippen molar-refractivity contribution < 1.29 is 13.2 Å². The third-order valence-corrected chi connectivity index (χ3v) is 8.44. The number of thiophene rings is 1. The van der Waals surface area contributed by atoms with Gasteiger partial charge >= 0.3 is 0 Å². The highest BCUT2D eigenvalue weighted by Gasteiger charge is 2.32. The van der Waals surface area contributed by atoms with Gasteiger partial charge in [-0.3, -0.25) is 9.69 Å². The number of piperazine rings is 1. The van der Waals surface area contributed by atoms with Gasteiger partial charge in [0.2, 0.25) is 15.9 Å². The standard InChI is InChI=1S/C20H22N4O3S2/c21-13-16-3-1-2-4-19(16)29(26,27)24-10-8-23(9-11-24)20(25)15-22-7-5-18-17(14-22)6-12-28-18/h1-4,6,12H,5,7-11,14-15H2. The second-order valence-corrected chi connectivity index (χ2v) is 10.1. The van der Waals surface area contributed by atoms with Crippen LogP contribution in [-0.4, -0.2) is 67.7 Å². The molecule has 2 aromatic rings. The smallest absolute Gasteiger partial charge is 0.244 e. The molecule has 2 aliphatic rings. The fraction of sp³-hybridized carbons (Fsp3) is 0.400. The first-order valence-corrected chi connectivity index (χ1v) is 11.9. The average molecular weight is 431 g/mol. The highest BCUT2D eigenvalue weighted by atomic mass is 32.2. The van der Waals surface area contributed by atoms with Crippen LogP contribution in [-0.2, 0) is 27.8 Å². The highest BCUT2D eigenvalue weighted by molar-refractivity contribution is 7.89. The van der Waals surface area contributed by atoms with Crippen LogP contribution in [0.5, 0.6) is 0 Å². The Morgan fingerprint density at radius 1 is 1.10 bits per heavy atom. The number of fused-ring (bicyclic) bond motifs is 1. The Morgan fingerprint density at radius 3 is 2.62 bits per heavy atom. The van der Waals surface area contributed by atoms with Crippen molar-refractivity contribution in [3.8, 4) is 6.07 Å². The summed E-state index contributed by atoms with van der Waals surface area (Å²) in [6, 6.07) is 10.3. The van der Waals surface area contributed by atoms with E-state index >= 15 is 0 Å². The Balaban J connectivity index is 1.36. The summed E-state index contributed by atoms with van der Waals surface area (Å²) < 4.78 is 27.2. The second-order valence-electron chi connectivity index (χ2n) is 7.22. The van der Waals surface area contributed by atoms with Gasteiger partial charge in [-0.1, -0.05) is 12.1 Å². The molecule has 7 nitrogen and oxygen atoms in total. The van der Waals surface area contributed by atoms with E-state index in [2.05, 4.69) is 16.3 Å². The molecule has 1 amide bonds. The number of carbonyl (C=O) groups excluding carboxylic acids is 1. The fourth-order valence-corrected chi connectivity index (χ4v) is 6.29. The summed E-state index contributed by atoms with van der Waals surface area (Å²) in [6.07, 6.45) is 0.977. The van der Waals surface area contributed by atoms with Gasteiger partial charge in [0.05, 0.1) is 17.0 Å². The van der Waals surface area contributed by atoms with E-state index in [4.69, 9.17) is 0 Å². The molecule has 0 spiro atoms. The van der Waals surface area contributed by atoms with Crippen LogP contribution in [0.3, 0.4) is 0 Å². The van der Waals surface area contributed by atoms with Crippen molar-refractivity contribution >= 4 is 27.3 Å². The van der Waals surface area contributed by atoms with Crippen molar-refractivity contribution in [1.29, 1.82) is 5.26 Å². The van der Waals surface area contributed by atoms with Crippen LogP contribution in [0.2, 0.25) is 0 Å². The zero-order chi connectivity index (χ0) is 20.4. The van der Waals surface area contributed by atoms with Gasteiger partial charge < -0.3 is 4.90 Å². The fourth-order valence-electron chi connectivity index (χ4n) is 3.83. The lowest BCUT2D eigenvalue weighted by molar-refractivity contribution is -0.133. The number of carbonyl (C=O) groups is 1. The van der Waals surface area contributed by atoms with Gasteiger partial charge in [-0.2, -0.15) is 9.57 Å². The number of sulfonamides is 1. The predicted molar refractivity (Wildman–Crippen MR) is 110 cm³/mol. The van der Waals surface area contributed by atoms with Gasteiger partial charge in [0, 0.05) is 44.1 Å². The number of nitriles is 1. The maximum absolute atomic E-state index is 12.9. The Morgan fingerprint density at radius 2 is 1.86 bits per heavy atom.